The van der Waals surface area contributed by atoms with Crippen LogP contribution >= 0.6 is 15.9 Å². The molecule has 96 valence electrons. The van der Waals surface area contributed by atoms with Gasteiger partial charge in [0, 0.05) is 7.05 Å². The summed E-state index contributed by atoms with van der Waals surface area (Å²) in [6.07, 6.45) is 3.10. The number of aryl methyl sites for hydroxylation is 1. The van der Waals surface area contributed by atoms with Crippen LogP contribution in [0.15, 0.2) is 35.2 Å². The highest BCUT2D eigenvalue weighted by molar-refractivity contribution is 9.10. The van der Waals surface area contributed by atoms with Gasteiger partial charge in [0.25, 0.3) is 0 Å². The molecule has 0 aliphatic heterocycles. The van der Waals surface area contributed by atoms with Gasteiger partial charge in [-0.25, -0.2) is 9.97 Å². The van der Waals surface area contributed by atoms with Crippen LogP contribution in [0.1, 0.15) is 0 Å². The summed E-state index contributed by atoms with van der Waals surface area (Å²) in [6.45, 7) is 0. The van der Waals surface area contributed by atoms with E-state index >= 15 is 0 Å². The van der Waals surface area contributed by atoms with Crippen LogP contribution < -0.4 is 10.5 Å². The molecule has 2 heterocycles. The summed E-state index contributed by atoms with van der Waals surface area (Å²) in [4.78, 5) is 8.29. The minimum absolute atomic E-state index is 0.428. The van der Waals surface area contributed by atoms with E-state index in [1.165, 1.54) is 6.33 Å². The Kier molecular flexibility index (Phi) is 2.83. The lowest BCUT2D eigenvalue weighted by atomic mass is 10.3. The Labute approximate surface area is 117 Å². The predicted molar refractivity (Wildman–Crippen MR) is 74.9 cm³/mol. The minimum Gasteiger partial charge on any atom is -0.435 e. The average Bonchev–Trinajstić information content (AvgIpc) is 2.77. The zero-order valence-corrected chi connectivity index (χ0v) is 11.6. The highest BCUT2D eigenvalue weighted by atomic mass is 79.9. The standard InChI is InChI=1S/C12H10BrN5O/c1-18-11-7(5-17-18)12(16-6-15-11)19-10-8(13)3-2-4-9(10)14/h2-6H,14H2,1H3. The number of anilines is 1. The number of para-hydroxylation sites is 1. The van der Waals surface area contributed by atoms with Gasteiger partial charge in [0.1, 0.15) is 11.7 Å². The van der Waals surface area contributed by atoms with Crippen LogP contribution in [0.4, 0.5) is 5.69 Å². The fourth-order valence-electron chi connectivity index (χ4n) is 1.75. The summed E-state index contributed by atoms with van der Waals surface area (Å²) in [5.74, 6) is 0.961. The molecule has 6 nitrogen and oxygen atoms in total. The first kappa shape index (κ1) is 11.9. The van der Waals surface area contributed by atoms with Crippen molar-refractivity contribution in [2.24, 2.45) is 7.05 Å². The second-order valence-electron chi connectivity index (χ2n) is 3.94. The van der Waals surface area contributed by atoms with Crippen LogP contribution in [0, 0.1) is 0 Å². The molecule has 0 bridgehead atoms. The Morgan fingerprint density at radius 1 is 1.32 bits per heavy atom. The van der Waals surface area contributed by atoms with E-state index in [0.717, 1.165) is 9.86 Å². The normalized spacial score (nSPS) is 10.8. The zero-order valence-electron chi connectivity index (χ0n) is 10.0. The van der Waals surface area contributed by atoms with Crippen LogP contribution in [0.25, 0.3) is 11.0 Å². The zero-order chi connectivity index (χ0) is 13.4. The topological polar surface area (TPSA) is 78.9 Å². The number of nitrogen functional groups attached to an aromatic ring is 1. The molecule has 0 radical (unpaired) electrons. The summed E-state index contributed by atoms with van der Waals surface area (Å²) >= 11 is 3.40. The number of nitrogens with zero attached hydrogens (tertiary/aromatic N) is 4. The molecule has 0 amide bonds. The van der Waals surface area contributed by atoms with Gasteiger partial charge >= 0.3 is 0 Å². The number of hydrogen-bond donors (Lipinski definition) is 1. The lowest BCUT2D eigenvalue weighted by molar-refractivity contribution is 0.467. The van der Waals surface area contributed by atoms with E-state index in [9.17, 15) is 0 Å². The summed E-state index contributed by atoms with van der Waals surface area (Å²) in [5.41, 5.74) is 7.14. The van der Waals surface area contributed by atoms with Gasteiger partial charge in [-0.1, -0.05) is 6.07 Å². The molecule has 0 spiro atoms. The predicted octanol–water partition coefficient (Wildman–Crippen LogP) is 2.50. The Hall–Kier alpha value is -2.15. The number of nitrogens with two attached hydrogens (primary N) is 1. The smallest absolute Gasteiger partial charge is 0.233 e. The maximum atomic E-state index is 5.90. The molecule has 1 aromatic carbocycles. The van der Waals surface area contributed by atoms with Crippen molar-refractivity contribution in [2.75, 3.05) is 5.73 Å². The third kappa shape index (κ3) is 2.01. The number of aromatic nitrogens is 4. The first-order valence-electron chi connectivity index (χ1n) is 5.51. The average molecular weight is 320 g/mol. The van der Waals surface area contributed by atoms with Crippen molar-refractivity contribution in [3.05, 3.63) is 35.2 Å². The molecular weight excluding hydrogens is 310 g/mol. The maximum absolute atomic E-state index is 5.90. The minimum atomic E-state index is 0.428. The molecule has 19 heavy (non-hydrogen) atoms. The monoisotopic (exact) mass is 319 g/mol. The summed E-state index contributed by atoms with van der Waals surface area (Å²) < 4.78 is 8.22. The third-order valence-corrected chi connectivity index (χ3v) is 3.31. The van der Waals surface area contributed by atoms with Crippen molar-refractivity contribution in [2.45, 2.75) is 0 Å². The molecule has 0 fully saturated rings. The van der Waals surface area contributed by atoms with E-state index in [1.54, 1.807) is 16.9 Å². The molecule has 0 aliphatic rings. The van der Waals surface area contributed by atoms with Gasteiger partial charge in [-0.3, -0.25) is 4.68 Å². The maximum Gasteiger partial charge on any atom is 0.233 e. The van der Waals surface area contributed by atoms with Gasteiger partial charge in [0.15, 0.2) is 11.4 Å². The van der Waals surface area contributed by atoms with Crippen molar-refractivity contribution in [1.82, 2.24) is 19.7 Å². The van der Waals surface area contributed by atoms with Crippen LogP contribution in [0.3, 0.4) is 0 Å². The van der Waals surface area contributed by atoms with E-state index in [0.29, 0.717) is 23.0 Å². The first-order chi connectivity index (χ1) is 9.16. The van der Waals surface area contributed by atoms with E-state index in [4.69, 9.17) is 10.5 Å². The second-order valence-corrected chi connectivity index (χ2v) is 4.80. The van der Waals surface area contributed by atoms with Gasteiger partial charge in [-0.2, -0.15) is 5.10 Å². The van der Waals surface area contributed by atoms with Crippen LogP contribution in [-0.4, -0.2) is 19.7 Å². The van der Waals surface area contributed by atoms with Gasteiger partial charge in [-0.05, 0) is 28.1 Å². The molecule has 0 atom stereocenters. The number of rotatable bonds is 2. The van der Waals surface area contributed by atoms with Crippen molar-refractivity contribution in [3.8, 4) is 11.6 Å². The van der Waals surface area contributed by atoms with Crippen LogP contribution in [-0.2, 0) is 7.05 Å². The molecule has 0 aliphatic carbocycles. The molecule has 3 rings (SSSR count). The second kappa shape index (κ2) is 4.51. The Morgan fingerprint density at radius 3 is 2.95 bits per heavy atom. The number of ether oxygens (including phenoxy) is 1. The molecule has 2 N–H and O–H groups in total. The Bertz CT molecular complexity index is 735. The number of hydrogen-bond acceptors (Lipinski definition) is 5. The van der Waals surface area contributed by atoms with Gasteiger partial charge in [0.05, 0.1) is 16.4 Å². The van der Waals surface area contributed by atoms with Crippen LogP contribution in [0.2, 0.25) is 0 Å². The number of benzene rings is 1. The largest absolute Gasteiger partial charge is 0.435 e. The van der Waals surface area contributed by atoms with Crippen molar-refractivity contribution >= 4 is 32.7 Å². The quantitative estimate of drug-likeness (QED) is 0.734. The Balaban J connectivity index is 2.11. The van der Waals surface area contributed by atoms with Gasteiger partial charge in [0.2, 0.25) is 5.88 Å². The lowest BCUT2D eigenvalue weighted by Crippen LogP contribution is -1.96. The molecule has 7 heteroatoms. The molecular formula is C12H10BrN5O. The van der Waals surface area contributed by atoms with Gasteiger partial charge < -0.3 is 10.5 Å². The van der Waals surface area contributed by atoms with E-state index in [-0.39, 0.29) is 0 Å². The molecule has 0 saturated carbocycles. The SMILES string of the molecule is Cn1ncc2c(Oc3c(N)cccc3Br)ncnc21. The Morgan fingerprint density at radius 2 is 2.16 bits per heavy atom. The third-order valence-electron chi connectivity index (χ3n) is 2.69. The van der Waals surface area contributed by atoms with Crippen LogP contribution in [0.5, 0.6) is 11.6 Å². The van der Waals surface area contributed by atoms with Crippen molar-refractivity contribution in [3.63, 3.8) is 0 Å². The lowest BCUT2D eigenvalue weighted by Gasteiger charge is -2.09. The van der Waals surface area contributed by atoms with E-state index < -0.39 is 0 Å². The summed E-state index contributed by atoms with van der Waals surface area (Å²) in [7, 11) is 1.81. The fourth-order valence-corrected chi connectivity index (χ4v) is 2.21. The van der Waals surface area contributed by atoms with Gasteiger partial charge in [-0.15, -0.1) is 0 Å². The number of fused-ring (bicyclic) bond motifs is 1. The number of halogens is 1. The molecule has 0 unspecified atom stereocenters. The van der Waals surface area contributed by atoms with Crippen molar-refractivity contribution in [1.29, 1.82) is 0 Å². The first-order valence-corrected chi connectivity index (χ1v) is 6.30. The fraction of sp³-hybridized carbons (Fsp3) is 0.0833. The highest BCUT2D eigenvalue weighted by Gasteiger charge is 2.13. The highest BCUT2D eigenvalue weighted by Crippen LogP contribution is 2.35. The van der Waals surface area contributed by atoms with Crippen molar-refractivity contribution < 1.29 is 4.74 Å². The molecule has 2 aromatic heterocycles. The summed E-state index contributed by atoms with van der Waals surface area (Å²) in [6, 6.07) is 5.46. The van der Waals surface area contributed by atoms with E-state index in [2.05, 4.69) is 31.0 Å². The molecule has 0 saturated heterocycles. The van der Waals surface area contributed by atoms with E-state index in [1.807, 2.05) is 19.2 Å². The summed E-state index contributed by atoms with van der Waals surface area (Å²) in [5, 5.41) is 4.87. The molecule has 3 aromatic rings.